The summed E-state index contributed by atoms with van der Waals surface area (Å²) >= 11 is 0. The molecule has 0 aromatic heterocycles. The summed E-state index contributed by atoms with van der Waals surface area (Å²) in [6.45, 7) is 0. The largest absolute Gasteiger partial charge is 0.296 e. The van der Waals surface area contributed by atoms with E-state index in [1.165, 1.54) is 6.07 Å². The third-order valence-corrected chi connectivity index (χ3v) is 4.30. The van der Waals surface area contributed by atoms with Crippen LogP contribution in [-0.2, 0) is 9.59 Å². The highest BCUT2D eigenvalue weighted by atomic mass is 19.1. The summed E-state index contributed by atoms with van der Waals surface area (Å²) in [7, 11) is 0. The molecule has 1 aromatic carbocycles. The number of imide groups is 1. The summed E-state index contributed by atoms with van der Waals surface area (Å²) in [5.74, 6) is -3.10. The van der Waals surface area contributed by atoms with E-state index in [-0.39, 0.29) is 53.3 Å². The van der Waals surface area contributed by atoms with Gasteiger partial charge in [0.25, 0.3) is 0 Å². The van der Waals surface area contributed by atoms with Crippen molar-refractivity contribution < 1.29 is 23.6 Å². The van der Waals surface area contributed by atoms with Gasteiger partial charge >= 0.3 is 0 Å². The highest BCUT2D eigenvalue weighted by Gasteiger charge is 2.39. The number of piperidine rings is 1. The Bertz CT molecular complexity index is 697. The van der Waals surface area contributed by atoms with Gasteiger partial charge in [0.2, 0.25) is 11.8 Å². The van der Waals surface area contributed by atoms with Crippen LogP contribution >= 0.6 is 0 Å². The van der Waals surface area contributed by atoms with Crippen molar-refractivity contribution in [3.8, 4) is 0 Å². The number of carbonyl (C=O) groups is 4. The molecule has 1 fully saturated rings. The zero-order valence-corrected chi connectivity index (χ0v) is 11.7. The molecule has 1 aliphatic carbocycles. The lowest BCUT2D eigenvalue weighted by molar-refractivity contribution is -0.136. The van der Waals surface area contributed by atoms with Crippen molar-refractivity contribution in [2.75, 3.05) is 0 Å². The van der Waals surface area contributed by atoms with Crippen molar-refractivity contribution in [2.45, 2.75) is 25.7 Å². The molecule has 0 bridgehead atoms. The van der Waals surface area contributed by atoms with Gasteiger partial charge in [-0.1, -0.05) is 0 Å². The van der Waals surface area contributed by atoms with Gasteiger partial charge in [-0.25, -0.2) is 4.39 Å². The Labute approximate surface area is 125 Å². The molecule has 0 saturated carbocycles. The molecular formula is C16H14FNO4. The van der Waals surface area contributed by atoms with E-state index in [2.05, 4.69) is 5.32 Å². The molecule has 1 saturated heterocycles. The van der Waals surface area contributed by atoms with Crippen LogP contribution < -0.4 is 5.32 Å². The summed E-state index contributed by atoms with van der Waals surface area (Å²) in [6.07, 6.45) is 1.30. The first-order valence-electron chi connectivity index (χ1n) is 7.19. The van der Waals surface area contributed by atoms with Gasteiger partial charge in [-0.3, -0.25) is 24.5 Å². The smallest absolute Gasteiger partial charge is 0.229 e. The lowest BCUT2D eigenvalue weighted by Crippen LogP contribution is -2.40. The minimum Gasteiger partial charge on any atom is -0.296 e. The SMILES string of the molecule is O=C1CCC(CCC2C(=O)c3ccc(F)cc3C2=O)C(=O)N1. The number of nitrogens with one attached hydrogen (secondary N) is 1. The fourth-order valence-corrected chi connectivity index (χ4v) is 3.07. The predicted molar refractivity (Wildman–Crippen MR) is 73.7 cm³/mol. The van der Waals surface area contributed by atoms with E-state index < -0.39 is 11.7 Å². The number of rotatable bonds is 3. The van der Waals surface area contributed by atoms with Crippen molar-refractivity contribution in [1.82, 2.24) is 5.32 Å². The monoisotopic (exact) mass is 303 g/mol. The Kier molecular flexibility index (Phi) is 3.60. The molecule has 1 aromatic rings. The number of hydrogen-bond donors (Lipinski definition) is 1. The average molecular weight is 303 g/mol. The summed E-state index contributed by atoms with van der Waals surface area (Å²) in [5.41, 5.74) is 0.373. The van der Waals surface area contributed by atoms with Crippen molar-refractivity contribution in [2.24, 2.45) is 11.8 Å². The Morgan fingerprint density at radius 2 is 1.77 bits per heavy atom. The van der Waals surface area contributed by atoms with Gasteiger partial charge in [0, 0.05) is 23.5 Å². The quantitative estimate of drug-likeness (QED) is 0.680. The summed E-state index contributed by atoms with van der Waals surface area (Å²) in [4.78, 5) is 47.2. The molecular weight excluding hydrogens is 289 g/mol. The van der Waals surface area contributed by atoms with Gasteiger partial charge in [-0.2, -0.15) is 0 Å². The highest BCUT2D eigenvalue weighted by Crippen LogP contribution is 2.32. The third kappa shape index (κ3) is 2.45. The van der Waals surface area contributed by atoms with Gasteiger partial charge < -0.3 is 0 Å². The van der Waals surface area contributed by atoms with E-state index in [0.29, 0.717) is 12.8 Å². The maximum atomic E-state index is 13.2. The summed E-state index contributed by atoms with van der Waals surface area (Å²) in [5, 5.41) is 2.25. The van der Waals surface area contributed by atoms with E-state index in [1.807, 2.05) is 0 Å². The van der Waals surface area contributed by atoms with Gasteiger partial charge in [-0.05, 0) is 37.5 Å². The van der Waals surface area contributed by atoms with Crippen LogP contribution in [0.4, 0.5) is 4.39 Å². The number of hydrogen-bond acceptors (Lipinski definition) is 4. The summed E-state index contributed by atoms with van der Waals surface area (Å²) < 4.78 is 13.2. The fraction of sp³-hybridized carbons (Fsp3) is 0.375. The van der Waals surface area contributed by atoms with Gasteiger partial charge in [-0.15, -0.1) is 0 Å². The van der Waals surface area contributed by atoms with Gasteiger partial charge in [0.05, 0.1) is 5.92 Å². The molecule has 5 nitrogen and oxygen atoms in total. The molecule has 2 unspecified atom stereocenters. The van der Waals surface area contributed by atoms with Crippen molar-refractivity contribution >= 4 is 23.4 Å². The number of amides is 2. The maximum Gasteiger partial charge on any atom is 0.229 e. The Morgan fingerprint density at radius 3 is 2.50 bits per heavy atom. The standard InChI is InChI=1S/C16H14FNO4/c17-9-3-5-10-12(7-9)15(21)11(14(10)20)4-1-8-2-6-13(19)18-16(8)22/h3,5,7-8,11H,1-2,4,6H2,(H,18,19,22). The third-order valence-electron chi connectivity index (χ3n) is 4.30. The lowest BCUT2D eigenvalue weighted by atomic mass is 9.88. The minimum atomic E-state index is -0.845. The van der Waals surface area contributed by atoms with Crippen LogP contribution in [0.5, 0.6) is 0 Å². The molecule has 2 atom stereocenters. The molecule has 22 heavy (non-hydrogen) atoms. The normalized spacial score (nSPS) is 24.4. The predicted octanol–water partition coefficient (Wildman–Crippen LogP) is 1.65. The molecule has 6 heteroatoms. The second kappa shape index (κ2) is 5.44. The zero-order valence-electron chi connectivity index (χ0n) is 11.7. The van der Waals surface area contributed by atoms with Crippen LogP contribution in [0, 0.1) is 17.7 Å². The Balaban J connectivity index is 1.70. The van der Waals surface area contributed by atoms with Crippen molar-refractivity contribution in [1.29, 1.82) is 0 Å². The molecule has 1 N–H and O–H groups in total. The number of fused-ring (bicyclic) bond motifs is 1. The van der Waals surface area contributed by atoms with E-state index in [4.69, 9.17) is 0 Å². The van der Waals surface area contributed by atoms with Crippen LogP contribution in [0.2, 0.25) is 0 Å². The van der Waals surface area contributed by atoms with Gasteiger partial charge in [0.1, 0.15) is 5.82 Å². The van der Waals surface area contributed by atoms with E-state index in [9.17, 15) is 23.6 Å². The first-order chi connectivity index (χ1) is 10.5. The number of halogens is 1. The number of benzene rings is 1. The van der Waals surface area contributed by atoms with E-state index >= 15 is 0 Å². The van der Waals surface area contributed by atoms with Crippen molar-refractivity contribution in [3.63, 3.8) is 0 Å². The minimum absolute atomic E-state index is 0.123. The van der Waals surface area contributed by atoms with Crippen molar-refractivity contribution in [3.05, 3.63) is 35.1 Å². The molecule has 2 aliphatic rings. The van der Waals surface area contributed by atoms with E-state index in [0.717, 1.165) is 12.1 Å². The first-order valence-corrected chi connectivity index (χ1v) is 7.19. The summed E-state index contributed by atoms with van der Waals surface area (Å²) in [6, 6.07) is 3.57. The molecule has 0 spiro atoms. The first kappa shape index (κ1) is 14.6. The molecule has 2 amide bonds. The number of carbonyl (C=O) groups excluding carboxylic acids is 4. The maximum absolute atomic E-state index is 13.2. The second-order valence-corrected chi connectivity index (χ2v) is 5.70. The Hall–Kier alpha value is -2.37. The van der Waals surface area contributed by atoms with Gasteiger partial charge in [0.15, 0.2) is 11.6 Å². The average Bonchev–Trinajstić information content (AvgIpc) is 2.70. The second-order valence-electron chi connectivity index (χ2n) is 5.70. The molecule has 3 rings (SSSR count). The molecule has 114 valence electrons. The van der Waals surface area contributed by atoms with E-state index in [1.54, 1.807) is 0 Å². The van der Waals surface area contributed by atoms with Crippen LogP contribution in [-0.4, -0.2) is 23.4 Å². The number of Topliss-reactive ketones (excluding diaryl/α,β-unsaturated/α-hetero) is 2. The van der Waals surface area contributed by atoms with Crippen LogP contribution in [0.15, 0.2) is 18.2 Å². The zero-order chi connectivity index (χ0) is 15.9. The topological polar surface area (TPSA) is 80.3 Å². The lowest BCUT2D eigenvalue weighted by Gasteiger charge is -2.21. The molecule has 1 heterocycles. The molecule has 0 radical (unpaired) electrons. The van der Waals surface area contributed by atoms with Crippen LogP contribution in [0.3, 0.4) is 0 Å². The highest BCUT2D eigenvalue weighted by molar-refractivity contribution is 6.26. The Morgan fingerprint density at radius 1 is 1.05 bits per heavy atom. The fourth-order valence-electron chi connectivity index (χ4n) is 3.07. The molecule has 1 aliphatic heterocycles. The van der Waals surface area contributed by atoms with Crippen LogP contribution in [0.25, 0.3) is 0 Å². The number of ketones is 2. The van der Waals surface area contributed by atoms with Crippen LogP contribution in [0.1, 0.15) is 46.4 Å².